The molecule has 3 aromatic rings. The third kappa shape index (κ3) is 1.62. The molecule has 0 bridgehead atoms. The van der Waals surface area contributed by atoms with E-state index in [1.807, 2.05) is 54.2 Å². The summed E-state index contributed by atoms with van der Waals surface area (Å²) in [6.45, 7) is 0. The highest BCUT2D eigenvalue weighted by atomic mass is 19.1. The van der Waals surface area contributed by atoms with E-state index >= 15 is 0 Å². The number of aryl methyl sites for hydroxylation is 1. The smallest absolute Gasteiger partial charge is 0.124 e. The summed E-state index contributed by atoms with van der Waals surface area (Å²) in [5, 5.41) is 0.936. The fraction of sp³-hybridized carbons (Fsp3) is 0.0667. The van der Waals surface area contributed by atoms with Gasteiger partial charge < -0.3 is 4.57 Å². The van der Waals surface area contributed by atoms with Gasteiger partial charge in [-0.25, -0.2) is 4.39 Å². The highest BCUT2D eigenvalue weighted by Gasteiger charge is 2.08. The average Bonchev–Trinajstić information content (AvgIpc) is 2.71. The molecule has 1 heterocycles. The minimum absolute atomic E-state index is 0.192. The van der Waals surface area contributed by atoms with Gasteiger partial charge in [-0.2, -0.15) is 0 Å². The number of fused-ring (bicyclic) bond motifs is 1. The predicted octanol–water partition coefficient (Wildman–Crippen LogP) is 3.98. The van der Waals surface area contributed by atoms with E-state index in [0.717, 1.165) is 22.0 Å². The molecule has 84 valence electrons. The molecule has 0 aliphatic heterocycles. The van der Waals surface area contributed by atoms with Crippen LogP contribution < -0.4 is 0 Å². The van der Waals surface area contributed by atoms with E-state index < -0.39 is 0 Å². The quantitative estimate of drug-likeness (QED) is 0.590. The highest BCUT2D eigenvalue weighted by Crippen LogP contribution is 2.29. The van der Waals surface area contributed by atoms with Crippen LogP contribution in [0.25, 0.3) is 22.0 Å². The summed E-state index contributed by atoms with van der Waals surface area (Å²) in [7, 11) is 1.98. The van der Waals surface area contributed by atoms with E-state index in [1.54, 1.807) is 12.1 Å². The highest BCUT2D eigenvalue weighted by molar-refractivity contribution is 5.94. The lowest BCUT2D eigenvalue weighted by atomic mass is 10.0. The number of aromatic nitrogens is 1. The van der Waals surface area contributed by atoms with Crippen molar-refractivity contribution in [3.8, 4) is 11.1 Å². The fourth-order valence-electron chi connectivity index (χ4n) is 2.25. The predicted molar refractivity (Wildman–Crippen MR) is 68.3 cm³/mol. The van der Waals surface area contributed by atoms with Crippen LogP contribution in [0.1, 0.15) is 0 Å². The largest absolute Gasteiger partial charge is 0.350 e. The molecule has 0 saturated carbocycles. The number of nitrogens with zero attached hydrogens (tertiary/aromatic N) is 1. The normalized spacial score (nSPS) is 10.9. The number of hydrogen-bond donors (Lipinski definition) is 0. The van der Waals surface area contributed by atoms with Crippen molar-refractivity contribution in [2.75, 3.05) is 0 Å². The monoisotopic (exact) mass is 225 g/mol. The van der Waals surface area contributed by atoms with Crippen LogP contribution in [-0.2, 0) is 7.05 Å². The lowest BCUT2D eigenvalue weighted by molar-refractivity contribution is 0.630. The fourth-order valence-corrected chi connectivity index (χ4v) is 2.25. The molecule has 0 aliphatic rings. The SMILES string of the molecule is Cn1ccc2cc(F)cc(-c3ccccc3)c21. The molecule has 3 rings (SSSR count). The van der Waals surface area contributed by atoms with E-state index in [1.165, 1.54) is 0 Å². The van der Waals surface area contributed by atoms with Crippen LogP contribution in [0.4, 0.5) is 4.39 Å². The lowest BCUT2D eigenvalue weighted by Gasteiger charge is -2.07. The van der Waals surface area contributed by atoms with Crippen molar-refractivity contribution in [3.63, 3.8) is 0 Å². The van der Waals surface area contributed by atoms with E-state index in [4.69, 9.17) is 0 Å². The van der Waals surface area contributed by atoms with Gasteiger partial charge in [0.25, 0.3) is 0 Å². The molecular weight excluding hydrogens is 213 g/mol. The van der Waals surface area contributed by atoms with Crippen LogP contribution in [0, 0.1) is 5.82 Å². The molecular formula is C15H12FN. The first-order valence-corrected chi connectivity index (χ1v) is 5.56. The van der Waals surface area contributed by atoms with Crippen LogP contribution in [0.5, 0.6) is 0 Å². The first kappa shape index (κ1) is 10.1. The summed E-state index contributed by atoms with van der Waals surface area (Å²) in [5.74, 6) is -0.192. The topological polar surface area (TPSA) is 4.93 Å². The van der Waals surface area contributed by atoms with Crippen molar-refractivity contribution in [1.29, 1.82) is 0 Å². The van der Waals surface area contributed by atoms with E-state index in [9.17, 15) is 4.39 Å². The molecule has 0 spiro atoms. The third-order valence-electron chi connectivity index (χ3n) is 3.02. The summed E-state index contributed by atoms with van der Waals surface area (Å²) in [5.41, 5.74) is 3.05. The van der Waals surface area contributed by atoms with Crippen molar-refractivity contribution in [3.05, 3.63) is 60.5 Å². The van der Waals surface area contributed by atoms with Crippen molar-refractivity contribution in [2.24, 2.45) is 7.05 Å². The standard InChI is InChI=1S/C15H12FN/c1-17-8-7-12-9-13(16)10-14(15(12)17)11-5-3-2-4-6-11/h2-10H,1H3. The summed E-state index contributed by atoms with van der Waals surface area (Å²) < 4.78 is 15.6. The summed E-state index contributed by atoms with van der Waals surface area (Å²) in [4.78, 5) is 0. The zero-order valence-corrected chi connectivity index (χ0v) is 9.52. The Bertz CT molecular complexity index is 668. The molecule has 0 fully saturated rings. The Hall–Kier alpha value is -2.09. The Labute approximate surface area is 99.1 Å². The maximum atomic E-state index is 13.6. The number of halogens is 1. The minimum Gasteiger partial charge on any atom is -0.350 e. The second kappa shape index (κ2) is 3.74. The van der Waals surface area contributed by atoms with Crippen molar-refractivity contribution in [1.82, 2.24) is 4.57 Å². The molecule has 0 aliphatic carbocycles. The molecule has 0 atom stereocenters. The lowest BCUT2D eigenvalue weighted by Crippen LogP contribution is -1.89. The van der Waals surface area contributed by atoms with Crippen molar-refractivity contribution >= 4 is 10.9 Å². The first-order valence-electron chi connectivity index (χ1n) is 5.56. The van der Waals surface area contributed by atoms with Gasteiger partial charge in [0, 0.05) is 24.2 Å². The van der Waals surface area contributed by atoms with Gasteiger partial charge in [0.15, 0.2) is 0 Å². The van der Waals surface area contributed by atoms with E-state index in [2.05, 4.69) is 0 Å². The molecule has 0 N–H and O–H groups in total. The van der Waals surface area contributed by atoms with Gasteiger partial charge >= 0.3 is 0 Å². The Morgan fingerprint density at radius 2 is 1.76 bits per heavy atom. The van der Waals surface area contributed by atoms with Crippen LogP contribution in [0.3, 0.4) is 0 Å². The van der Waals surface area contributed by atoms with Gasteiger partial charge in [0.2, 0.25) is 0 Å². The maximum absolute atomic E-state index is 13.6. The zero-order chi connectivity index (χ0) is 11.8. The number of hydrogen-bond acceptors (Lipinski definition) is 0. The van der Waals surface area contributed by atoms with Gasteiger partial charge in [0.1, 0.15) is 5.82 Å². The third-order valence-corrected chi connectivity index (χ3v) is 3.02. The molecule has 2 heteroatoms. The zero-order valence-electron chi connectivity index (χ0n) is 9.52. The molecule has 1 aromatic heterocycles. The maximum Gasteiger partial charge on any atom is 0.124 e. The molecule has 0 amide bonds. The van der Waals surface area contributed by atoms with Crippen molar-refractivity contribution < 1.29 is 4.39 Å². The molecule has 0 saturated heterocycles. The van der Waals surface area contributed by atoms with Gasteiger partial charge in [-0.3, -0.25) is 0 Å². The number of benzene rings is 2. The Balaban J connectivity index is 2.39. The van der Waals surface area contributed by atoms with Crippen LogP contribution in [0.2, 0.25) is 0 Å². The molecule has 0 unspecified atom stereocenters. The summed E-state index contributed by atoms with van der Waals surface area (Å²) in [6, 6.07) is 15.0. The molecule has 17 heavy (non-hydrogen) atoms. The second-order valence-electron chi connectivity index (χ2n) is 4.18. The second-order valence-corrected chi connectivity index (χ2v) is 4.18. The van der Waals surface area contributed by atoms with Gasteiger partial charge in [0.05, 0.1) is 5.52 Å². The van der Waals surface area contributed by atoms with Gasteiger partial charge in [-0.1, -0.05) is 30.3 Å². The summed E-state index contributed by atoms with van der Waals surface area (Å²) >= 11 is 0. The van der Waals surface area contributed by atoms with E-state index in [0.29, 0.717) is 0 Å². The first-order chi connectivity index (χ1) is 8.25. The van der Waals surface area contributed by atoms with Crippen LogP contribution in [0.15, 0.2) is 54.7 Å². The molecule has 0 radical (unpaired) electrons. The van der Waals surface area contributed by atoms with Crippen molar-refractivity contribution in [2.45, 2.75) is 0 Å². The van der Waals surface area contributed by atoms with Gasteiger partial charge in [-0.15, -0.1) is 0 Å². The minimum atomic E-state index is -0.192. The average molecular weight is 225 g/mol. The van der Waals surface area contributed by atoms with E-state index in [-0.39, 0.29) is 5.82 Å². The number of rotatable bonds is 1. The van der Waals surface area contributed by atoms with Crippen LogP contribution >= 0.6 is 0 Å². The molecule has 2 aromatic carbocycles. The Morgan fingerprint density at radius 3 is 2.53 bits per heavy atom. The Kier molecular flexibility index (Phi) is 2.22. The summed E-state index contributed by atoms with van der Waals surface area (Å²) in [6.07, 6.45) is 1.95. The molecule has 1 nitrogen and oxygen atoms in total. The van der Waals surface area contributed by atoms with Crippen LogP contribution in [-0.4, -0.2) is 4.57 Å². The Morgan fingerprint density at radius 1 is 1.00 bits per heavy atom. The van der Waals surface area contributed by atoms with Gasteiger partial charge in [-0.05, 0) is 23.8 Å².